The van der Waals surface area contributed by atoms with Gasteiger partial charge >= 0.3 is 5.97 Å². The number of aromatic hydroxyl groups is 1. The maximum Gasteiger partial charge on any atom is 0.339 e. The van der Waals surface area contributed by atoms with Crippen molar-refractivity contribution in [3.63, 3.8) is 0 Å². The first-order valence-corrected chi connectivity index (χ1v) is 6.19. The SMILES string of the molecule is O=C(O)c1ccc(-c2cc([N+](=O)[O-])cc3ccoc23)cc1O. The largest absolute Gasteiger partial charge is 0.507 e. The Morgan fingerprint density at radius 3 is 2.59 bits per heavy atom. The molecule has 3 rings (SSSR count). The van der Waals surface area contributed by atoms with E-state index in [-0.39, 0.29) is 11.3 Å². The first-order chi connectivity index (χ1) is 10.5. The monoisotopic (exact) mass is 299 g/mol. The number of fused-ring (bicyclic) bond motifs is 1. The van der Waals surface area contributed by atoms with Crippen LogP contribution in [0.2, 0.25) is 0 Å². The number of hydrogen-bond acceptors (Lipinski definition) is 5. The van der Waals surface area contributed by atoms with Crippen molar-refractivity contribution in [2.45, 2.75) is 0 Å². The van der Waals surface area contributed by atoms with Crippen LogP contribution in [0.15, 0.2) is 47.1 Å². The van der Waals surface area contributed by atoms with Crippen LogP contribution in [0.3, 0.4) is 0 Å². The number of furan rings is 1. The summed E-state index contributed by atoms with van der Waals surface area (Å²) in [7, 11) is 0. The maximum atomic E-state index is 11.0. The van der Waals surface area contributed by atoms with E-state index in [1.807, 2.05) is 0 Å². The van der Waals surface area contributed by atoms with Gasteiger partial charge in [0.1, 0.15) is 16.9 Å². The van der Waals surface area contributed by atoms with Crippen molar-refractivity contribution in [2.24, 2.45) is 0 Å². The van der Waals surface area contributed by atoms with Crippen LogP contribution in [0.5, 0.6) is 5.75 Å². The van der Waals surface area contributed by atoms with Crippen LogP contribution in [0.25, 0.3) is 22.1 Å². The van der Waals surface area contributed by atoms with E-state index < -0.39 is 16.6 Å². The second-order valence-corrected chi connectivity index (χ2v) is 4.63. The van der Waals surface area contributed by atoms with Gasteiger partial charge in [0.15, 0.2) is 0 Å². The van der Waals surface area contributed by atoms with E-state index in [9.17, 15) is 20.0 Å². The molecular weight excluding hydrogens is 290 g/mol. The molecular formula is C15H9NO6. The lowest BCUT2D eigenvalue weighted by molar-refractivity contribution is -0.384. The summed E-state index contributed by atoms with van der Waals surface area (Å²) in [6.45, 7) is 0. The van der Waals surface area contributed by atoms with Crippen molar-refractivity contribution in [2.75, 3.05) is 0 Å². The summed E-state index contributed by atoms with van der Waals surface area (Å²) in [5.74, 6) is -1.68. The fourth-order valence-electron chi connectivity index (χ4n) is 2.27. The van der Waals surface area contributed by atoms with Crippen molar-refractivity contribution in [3.8, 4) is 16.9 Å². The predicted octanol–water partition coefficient (Wildman–Crippen LogP) is 3.41. The highest BCUT2D eigenvalue weighted by atomic mass is 16.6. The van der Waals surface area contributed by atoms with Crippen LogP contribution >= 0.6 is 0 Å². The van der Waals surface area contributed by atoms with E-state index >= 15 is 0 Å². The Bertz CT molecular complexity index is 912. The Labute approximate surface area is 123 Å². The highest BCUT2D eigenvalue weighted by Gasteiger charge is 2.17. The molecule has 0 saturated heterocycles. The number of nitro benzene ring substituents is 1. The van der Waals surface area contributed by atoms with E-state index in [1.165, 1.54) is 36.6 Å². The maximum absolute atomic E-state index is 11.0. The Hall–Kier alpha value is -3.35. The smallest absolute Gasteiger partial charge is 0.339 e. The molecule has 2 N–H and O–H groups in total. The average molecular weight is 299 g/mol. The Morgan fingerprint density at radius 2 is 1.95 bits per heavy atom. The number of non-ortho nitro benzene ring substituents is 1. The molecule has 0 bridgehead atoms. The number of nitro groups is 1. The number of phenols is 1. The van der Waals surface area contributed by atoms with Crippen LogP contribution < -0.4 is 0 Å². The third-order valence-electron chi connectivity index (χ3n) is 3.29. The van der Waals surface area contributed by atoms with Crippen LogP contribution in [0.4, 0.5) is 5.69 Å². The number of carboxylic acid groups (broad SMARTS) is 1. The summed E-state index contributed by atoms with van der Waals surface area (Å²) in [5.41, 5.74) is 0.885. The van der Waals surface area contributed by atoms with Crippen LogP contribution in [-0.2, 0) is 0 Å². The predicted molar refractivity (Wildman–Crippen MR) is 76.9 cm³/mol. The molecule has 0 radical (unpaired) electrons. The second-order valence-electron chi connectivity index (χ2n) is 4.63. The van der Waals surface area contributed by atoms with Crippen molar-refractivity contribution in [3.05, 3.63) is 58.3 Å². The zero-order valence-corrected chi connectivity index (χ0v) is 11.0. The minimum atomic E-state index is -1.26. The lowest BCUT2D eigenvalue weighted by atomic mass is 10.0. The van der Waals surface area contributed by atoms with E-state index in [1.54, 1.807) is 6.07 Å². The first-order valence-electron chi connectivity index (χ1n) is 6.19. The van der Waals surface area contributed by atoms with Crippen molar-refractivity contribution in [1.82, 2.24) is 0 Å². The molecule has 1 heterocycles. The van der Waals surface area contributed by atoms with Gasteiger partial charge < -0.3 is 14.6 Å². The van der Waals surface area contributed by atoms with Gasteiger partial charge in [0.2, 0.25) is 0 Å². The molecule has 22 heavy (non-hydrogen) atoms. The van der Waals surface area contributed by atoms with Crippen molar-refractivity contribution < 1.29 is 24.3 Å². The van der Waals surface area contributed by atoms with Gasteiger partial charge in [-0.25, -0.2) is 4.79 Å². The topological polar surface area (TPSA) is 114 Å². The molecule has 0 aliphatic heterocycles. The highest BCUT2D eigenvalue weighted by molar-refractivity contribution is 5.96. The van der Waals surface area contributed by atoms with Crippen LogP contribution in [0, 0.1) is 10.1 Å². The molecule has 0 atom stereocenters. The Balaban J connectivity index is 2.25. The lowest BCUT2D eigenvalue weighted by Crippen LogP contribution is -1.96. The number of rotatable bonds is 3. The number of nitrogens with zero attached hydrogens (tertiary/aromatic N) is 1. The quantitative estimate of drug-likeness (QED) is 0.565. The molecule has 0 aliphatic carbocycles. The average Bonchev–Trinajstić information content (AvgIpc) is 2.93. The minimum absolute atomic E-state index is 0.120. The summed E-state index contributed by atoms with van der Waals surface area (Å²) in [5, 5.41) is 30.2. The first kappa shape index (κ1) is 13.6. The van der Waals surface area contributed by atoms with E-state index in [0.29, 0.717) is 22.1 Å². The zero-order chi connectivity index (χ0) is 15.9. The van der Waals surface area contributed by atoms with Gasteiger partial charge in [-0.15, -0.1) is 0 Å². The molecule has 7 heteroatoms. The zero-order valence-electron chi connectivity index (χ0n) is 11.0. The number of hydrogen-bond donors (Lipinski definition) is 2. The molecule has 3 aromatic rings. The van der Waals surface area contributed by atoms with Crippen LogP contribution in [-0.4, -0.2) is 21.1 Å². The van der Waals surface area contributed by atoms with Gasteiger partial charge in [-0.05, 0) is 23.8 Å². The molecule has 0 saturated carbocycles. The minimum Gasteiger partial charge on any atom is -0.507 e. The van der Waals surface area contributed by atoms with Crippen molar-refractivity contribution >= 4 is 22.6 Å². The molecule has 2 aromatic carbocycles. The fourth-order valence-corrected chi connectivity index (χ4v) is 2.27. The summed E-state index contributed by atoms with van der Waals surface area (Å²) in [6, 6.07) is 8.24. The summed E-state index contributed by atoms with van der Waals surface area (Å²) in [6.07, 6.45) is 1.41. The van der Waals surface area contributed by atoms with Gasteiger partial charge in [0.25, 0.3) is 5.69 Å². The highest BCUT2D eigenvalue weighted by Crippen LogP contribution is 2.35. The van der Waals surface area contributed by atoms with Gasteiger partial charge in [-0.3, -0.25) is 10.1 Å². The van der Waals surface area contributed by atoms with Crippen molar-refractivity contribution in [1.29, 1.82) is 0 Å². The Kier molecular flexibility index (Phi) is 3.03. The third-order valence-corrected chi connectivity index (χ3v) is 3.29. The third kappa shape index (κ3) is 2.14. The Morgan fingerprint density at radius 1 is 1.18 bits per heavy atom. The molecule has 0 spiro atoms. The standard InChI is InChI=1S/C15H9NO6/c17-13-6-8(1-2-11(13)15(18)19)12-7-10(16(20)21)5-9-3-4-22-14(9)12/h1-7,17H,(H,18,19). The molecule has 0 unspecified atom stereocenters. The fraction of sp³-hybridized carbons (Fsp3) is 0. The van der Waals surface area contributed by atoms with E-state index in [4.69, 9.17) is 9.52 Å². The summed E-state index contributed by atoms with van der Waals surface area (Å²) >= 11 is 0. The van der Waals surface area contributed by atoms with E-state index in [0.717, 1.165) is 0 Å². The molecule has 110 valence electrons. The molecule has 0 amide bonds. The molecule has 0 aliphatic rings. The summed E-state index contributed by atoms with van der Waals surface area (Å²) in [4.78, 5) is 21.4. The number of carbonyl (C=O) groups is 1. The number of carboxylic acids is 1. The molecule has 1 aromatic heterocycles. The van der Waals surface area contributed by atoms with E-state index in [2.05, 4.69) is 0 Å². The number of aromatic carboxylic acids is 1. The van der Waals surface area contributed by atoms with Gasteiger partial charge in [0, 0.05) is 23.1 Å². The van der Waals surface area contributed by atoms with Crippen LogP contribution in [0.1, 0.15) is 10.4 Å². The lowest BCUT2D eigenvalue weighted by Gasteiger charge is -2.06. The van der Waals surface area contributed by atoms with Gasteiger partial charge in [-0.1, -0.05) is 6.07 Å². The van der Waals surface area contributed by atoms with Gasteiger partial charge in [0.05, 0.1) is 11.2 Å². The summed E-state index contributed by atoms with van der Waals surface area (Å²) < 4.78 is 5.34. The molecule has 7 nitrogen and oxygen atoms in total. The molecule has 0 fully saturated rings. The number of benzene rings is 2. The second kappa shape index (κ2) is 4.88. The normalized spacial score (nSPS) is 10.7. The van der Waals surface area contributed by atoms with Gasteiger partial charge in [-0.2, -0.15) is 0 Å².